The quantitative estimate of drug-likeness (QED) is 0.923. The van der Waals surface area contributed by atoms with E-state index in [-0.39, 0.29) is 11.3 Å². The number of nitrogens with zero attached hydrogens (tertiary/aromatic N) is 1. The number of carbonyl (C=O) groups excluding carboxylic acids is 1. The third kappa shape index (κ3) is 3.33. The van der Waals surface area contributed by atoms with Crippen LogP contribution in [0, 0.1) is 19.3 Å². The van der Waals surface area contributed by atoms with Crippen molar-refractivity contribution in [2.24, 2.45) is 11.1 Å². The van der Waals surface area contributed by atoms with E-state index >= 15 is 0 Å². The minimum absolute atomic E-state index is 0.0728. The van der Waals surface area contributed by atoms with E-state index in [0.29, 0.717) is 19.5 Å². The number of likely N-dealkylation sites (N-methyl/N-ethyl adjacent to an activating group) is 1. The Morgan fingerprint density at radius 3 is 2.64 bits per heavy atom. The Bertz CT molecular complexity index is 686. The van der Waals surface area contributed by atoms with Crippen LogP contribution >= 0.6 is 0 Å². The standard InChI is InChI=1S/C18H26N2O2/c1-12-6-7-15-14(9-22-17(15)13(12)2)8-16(21)20(5)11-18(3,4)10-19/h6-7,9H,8,10-11,19H2,1-5H3. The smallest absolute Gasteiger partial charge is 0.226 e. The van der Waals surface area contributed by atoms with Crippen LogP contribution in [0.1, 0.15) is 30.5 Å². The van der Waals surface area contributed by atoms with E-state index in [0.717, 1.165) is 22.1 Å². The molecule has 1 aromatic carbocycles. The molecule has 2 aromatic rings. The van der Waals surface area contributed by atoms with E-state index in [9.17, 15) is 4.79 Å². The highest BCUT2D eigenvalue weighted by atomic mass is 16.3. The molecule has 1 aromatic heterocycles. The lowest BCUT2D eigenvalue weighted by Gasteiger charge is -2.29. The number of aryl methyl sites for hydroxylation is 2. The molecule has 2 rings (SSSR count). The van der Waals surface area contributed by atoms with Gasteiger partial charge in [-0.2, -0.15) is 0 Å². The molecule has 0 atom stereocenters. The van der Waals surface area contributed by atoms with E-state index in [1.54, 1.807) is 11.2 Å². The molecule has 0 saturated carbocycles. The van der Waals surface area contributed by atoms with E-state index in [1.165, 1.54) is 5.56 Å². The molecule has 0 aliphatic carbocycles. The third-order valence-electron chi connectivity index (χ3n) is 4.33. The molecule has 0 fully saturated rings. The maximum Gasteiger partial charge on any atom is 0.226 e. The van der Waals surface area contributed by atoms with Gasteiger partial charge in [-0.05, 0) is 36.9 Å². The average Bonchev–Trinajstić information content (AvgIpc) is 2.86. The van der Waals surface area contributed by atoms with Crippen molar-refractivity contribution in [1.29, 1.82) is 0 Å². The van der Waals surface area contributed by atoms with Gasteiger partial charge in [-0.25, -0.2) is 0 Å². The summed E-state index contributed by atoms with van der Waals surface area (Å²) in [6, 6.07) is 4.11. The number of amides is 1. The van der Waals surface area contributed by atoms with Crippen LogP contribution in [0.2, 0.25) is 0 Å². The van der Waals surface area contributed by atoms with Gasteiger partial charge in [0, 0.05) is 24.5 Å². The van der Waals surface area contributed by atoms with Gasteiger partial charge in [0.25, 0.3) is 0 Å². The summed E-state index contributed by atoms with van der Waals surface area (Å²) in [6.07, 6.45) is 2.06. The van der Waals surface area contributed by atoms with Crippen molar-refractivity contribution >= 4 is 16.9 Å². The number of benzene rings is 1. The van der Waals surface area contributed by atoms with Gasteiger partial charge >= 0.3 is 0 Å². The van der Waals surface area contributed by atoms with Crippen LogP contribution in [-0.4, -0.2) is 30.9 Å². The largest absolute Gasteiger partial charge is 0.464 e. The first-order valence-electron chi connectivity index (χ1n) is 7.65. The molecule has 0 spiro atoms. The summed E-state index contributed by atoms with van der Waals surface area (Å²) in [5.74, 6) is 0.0856. The summed E-state index contributed by atoms with van der Waals surface area (Å²) < 4.78 is 5.67. The van der Waals surface area contributed by atoms with Crippen LogP contribution in [0.3, 0.4) is 0 Å². The minimum atomic E-state index is -0.0728. The number of hydrogen-bond donors (Lipinski definition) is 1. The number of fused-ring (bicyclic) bond motifs is 1. The molecule has 0 radical (unpaired) electrons. The van der Waals surface area contributed by atoms with Crippen molar-refractivity contribution in [2.75, 3.05) is 20.1 Å². The zero-order chi connectivity index (χ0) is 16.5. The highest BCUT2D eigenvalue weighted by molar-refractivity contribution is 5.89. The Morgan fingerprint density at radius 2 is 2.00 bits per heavy atom. The van der Waals surface area contributed by atoms with Crippen molar-refractivity contribution in [2.45, 2.75) is 34.1 Å². The molecule has 120 valence electrons. The Balaban J connectivity index is 2.17. The summed E-state index contributed by atoms with van der Waals surface area (Å²) in [5.41, 5.74) is 9.83. The molecule has 0 saturated heterocycles. The van der Waals surface area contributed by atoms with Gasteiger partial charge < -0.3 is 15.1 Å². The Kier molecular flexibility index (Phi) is 4.61. The van der Waals surface area contributed by atoms with E-state index in [2.05, 4.69) is 26.8 Å². The summed E-state index contributed by atoms with van der Waals surface area (Å²) in [7, 11) is 1.83. The van der Waals surface area contributed by atoms with Crippen LogP contribution < -0.4 is 5.73 Å². The highest BCUT2D eigenvalue weighted by Gasteiger charge is 2.22. The summed E-state index contributed by atoms with van der Waals surface area (Å²) >= 11 is 0. The molecular weight excluding hydrogens is 276 g/mol. The number of rotatable bonds is 5. The molecule has 22 heavy (non-hydrogen) atoms. The molecule has 0 unspecified atom stereocenters. The summed E-state index contributed by atoms with van der Waals surface area (Å²) in [5, 5.41) is 1.03. The molecule has 4 heteroatoms. The van der Waals surface area contributed by atoms with Crippen LogP contribution in [0.15, 0.2) is 22.8 Å². The molecule has 1 heterocycles. The SMILES string of the molecule is Cc1ccc2c(CC(=O)N(C)CC(C)(C)CN)coc2c1C. The monoisotopic (exact) mass is 302 g/mol. The number of hydrogen-bond acceptors (Lipinski definition) is 3. The van der Waals surface area contributed by atoms with Crippen LogP contribution in [0.25, 0.3) is 11.0 Å². The van der Waals surface area contributed by atoms with Crippen LogP contribution in [0.4, 0.5) is 0 Å². The lowest BCUT2D eigenvalue weighted by Crippen LogP contribution is -2.40. The Morgan fingerprint density at radius 1 is 1.32 bits per heavy atom. The van der Waals surface area contributed by atoms with Crippen LogP contribution in [0.5, 0.6) is 0 Å². The second-order valence-electron chi connectivity index (χ2n) is 6.94. The Hall–Kier alpha value is -1.81. The summed E-state index contributed by atoms with van der Waals surface area (Å²) in [6.45, 7) is 9.44. The van der Waals surface area contributed by atoms with E-state index in [4.69, 9.17) is 10.2 Å². The van der Waals surface area contributed by atoms with Crippen molar-refractivity contribution in [1.82, 2.24) is 4.90 Å². The first kappa shape index (κ1) is 16.6. The molecule has 0 bridgehead atoms. The van der Waals surface area contributed by atoms with Crippen LogP contribution in [-0.2, 0) is 11.2 Å². The van der Waals surface area contributed by atoms with Crippen molar-refractivity contribution < 1.29 is 9.21 Å². The first-order chi connectivity index (χ1) is 10.2. The predicted octanol–water partition coefficient (Wildman–Crippen LogP) is 3.04. The van der Waals surface area contributed by atoms with E-state index < -0.39 is 0 Å². The second-order valence-corrected chi connectivity index (χ2v) is 6.94. The maximum atomic E-state index is 12.4. The molecule has 2 N–H and O–H groups in total. The first-order valence-corrected chi connectivity index (χ1v) is 7.65. The fourth-order valence-corrected chi connectivity index (χ4v) is 2.62. The number of furan rings is 1. The fraction of sp³-hybridized carbons (Fsp3) is 0.500. The Labute approximate surface area is 132 Å². The number of nitrogens with two attached hydrogens (primary N) is 1. The van der Waals surface area contributed by atoms with Gasteiger partial charge in [0.2, 0.25) is 5.91 Å². The molecule has 1 amide bonds. The predicted molar refractivity (Wildman–Crippen MR) is 89.9 cm³/mol. The van der Waals surface area contributed by atoms with Gasteiger partial charge in [0.05, 0.1) is 12.7 Å². The van der Waals surface area contributed by atoms with Gasteiger partial charge in [0.15, 0.2) is 0 Å². The van der Waals surface area contributed by atoms with Gasteiger partial charge in [-0.3, -0.25) is 4.79 Å². The topological polar surface area (TPSA) is 59.5 Å². The average molecular weight is 302 g/mol. The van der Waals surface area contributed by atoms with Crippen molar-refractivity contribution in [3.8, 4) is 0 Å². The number of carbonyl (C=O) groups is 1. The van der Waals surface area contributed by atoms with Gasteiger partial charge in [-0.15, -0.1) is 0 Å². The molecule has 0 aliphatic rings. The second kappa shape index (κ2) is 6.13. The van der Waals surface area contributed by atoms with Gasteiger partial charge in [0.1, 0.15) is 5.58 Å². The molecular formula is C18H26N2O2. The zero-order valence-electron chi connectivity index (χ0n) is 14.2. The fourth-order valence-electron chi connectivity index (χ4n) is 2.62. The van der Waals surface area contributed by atoms with E-state index in [1.807, 2.05) is 20.0 Å². The maximum absolute atomic E-state index is 12.4. The van der Waals surface area contributed by atoms with Crippen molar-refractivity contribution in [3.05, 3.63) is 35.1 Å². The highest BCUT2D eigenvalue weighted by Crippen LogP contribution is 2.27. The summed E-state index contributed by atoms with van der Waals surface area (Å²) in [4.78, 5) is 14.2. The third-order valence-corrected chi connectivity index (χ3v) is 4.33. The lowest BCUT2D eigenvalue weighted by molar-refractivity contribution is -0.130. The zero-order valence-corrected chi connectivity index (χ0v) is 14.2. The van der Waals surface area contributed by atoms with Gasteiger partial charge in [-0.1, -0.05) is 26.0 Å². The normalized spacial score (nSPS) is 11.9. The lowest BCUT2D eigenvalue weighted by atomic mass is 9.93. The van der Waals surface area contributed by atoms with Crippen molar-refractivity contribution in [3.63, 3.8) is 0 Å². The molecule has 4 nitrogen and oxygen atoms in total. The molecule has 0 aliphatic heterocycles. The minimum Gasteiger partial charge on any atom is -0.464 e.